The van der Waals surface area contributed by atoms with Crippen LogP contribution in [0.3, 0.4) is 0 Å². The fourth-order valence-corrected chi connectivity index (χ4v) is 2.64. The summed E-state index contributed by atoms with van der Waals surface area (Å²) in [5.41, 5.74) is 1.24. The second kappa shape index (κ2) is 6.60. The predicted molar refractivity (Wildman–Crippen MR) is 83.4 cm³/mol. The van der Waals surface area contributed by atoms with Crippen molar-refractivity contribution in [2.24, 2.45) is 0 Å². The van der Waals surface area contributed by atoms with Crippen molar-refractivity contribution in [3.8, 4) is 11.5 Å². The smallest absolute Gasteiger partial charge is 0.336 e. The molecule has 5 heteroatoms. The van der Waals surface area contributed by atoms with E-state index in [4.69, 9.17) is 14.6 Å². The van der Waals surface area contributed by atoms with Crippen LogP contribution in [0.15, 0.2) is 42.5 Å². The van der Waals surface area contributed by atoms with Crippen molar-refractivity contribution >= 4 is 28.6 Å². The van der Waals surface area contributed by atoms with Crippen LogP contribution in [-0.2, 0) is 6.61 Å². The fourth-order valence-electron chi connectivity index (χ4n) is 1.74. The largest absolute Gasteiger partial charge is 0.492 e. The first-order valence-corrected chi connectivity index (χ1v) is 6.98. The molecule has 0 spiro atoms. The van der Waals surface area contributed by atoms with Crippen LogP contribution in [-0.4, -0.2) is 18.2 Å². The number of hydrogen-bond acceptors (Lipinski definition) is 3. The van der Waals surface area contributed by atoms with Gasteiger partial charge in [0.25, 0.3) is 0 Å². The van der Waals surface area contributed by atoms with Crippen LogP contribution in [0.5, 0.6) is 11.5 Å². The molecule has 0 heterocycles. The summed E-state index contributed by atoms with van der Waals surface area (Å²) in [7, 11) is 1.50. The summed E-state index contributed by atoms with van der Waals surface area (Å²) < 4.78 is 11.5. The van der Waals surface area contributed by atoms with Gasteiger partial charge in [-0.1, -0.05) is 30.3 Å². The number of hydrogen-bond donors (Lipinski definition) is 1. The standard InChI is InChI=1S/C15H13IO4/c1-19-14-12(8-7-11(13(14)16)15(17)18)20-9-10-5-3-2-4-6-10/h2-8H,9H2,1H3,(H,17,18). The maximum absolute atomic E-state index is 11.1. The first kappa shape index (κ1) is 14.6. The van der Waals surface area contributed by atoms with Gasteiger partial charge in [0, 0.05) is 0 Å². The van der Waals surface area contributed by atoms with Crippen molar-refractivity contribution in [1.82, 2.24) is 0 Å². The SMILES string of the molecule is COc1c(OCc2ccccc2)ccc(C(=O)O)c1I. The zero-order valence-corrected chi connectivity index (χ0v) is 13.0. The number of methoxy groups -OCH3 is 1. The van der Waals surface area contributed by atoms with E-state index in [1.807, 2.05) is 52.9 Å². The van der Waals surface area contributed by atoms with Crippen LogP contribution >= 0.6 is 22.6 Å². The van der Waals surface area contributed by atoms with Crippen molar-refractivity contribution < 1.29 is 19.4 Å². The van der Waals surface area contributed by atoms with Gasteiger partial charge in [-0.3, -0.25) is 0 Å². The van der Waals surface area contributed by atoms with E-state index in [0.29, 0.717) is 21.7 Å². The minimum Gasteiger partial charge on any atom is -0.492 e. The number of ether oxygens (including phenoxy) is 2. The lowest BCUT2D eigenvalue weighted by Crippen LogP contribution is -2.04. The first-order valence-electron chi connectivity index (χ1n) is 5.90. The van der Waals surface area contributed by atoms with E-state index < -0.39 is 5.97 Å². The molecule has 2 aromatic carbocycles. The van der Waals surface area contributed by atoms with E-state index in [1.54, 1.807) is 6.07 Å². The number of carbonyl (C=O) groups is 1. The van der Waals surface area contributed by atoms with E-state index in [1.165, 1.54) is 13.2 Å². The molecule has 20 heavy (non-hydrogen) atoms. The molecule has 0 saturated heterocycles. The molecule has 0 aliphatic carbocycles. The van der Waals surface area contributed by atoms with E-state index in [2.05, 4.69) is 0 Å². The summed E-state index contributed by atoms with van der Waals surface area (Å²) >= 11 is 1.95. The lowest BCUT2D eigenvalue weighted by atomic mass is 10.2. The van der Waals surface area contributed by atoms with Crippen LogP contribution < -0.4 is 9.47 Å². The summed E-state index contributed by atoms with van der Waals surface area (Å²) in [5.74, 6) is -0.00510. The number of carboxylic acid groups (broad SMARTS) is 1. The monoisotopic (exact) mass is 384 g/mol. The molecule has 0 fully saturated rings. The molecule has 0 amide bonds. The number of rotatable bonds is 5. The highest BCUT2D eigenvalue weighted by Crippen LogP contribution is 2.35. The van der Waals surface area contributed by atoms with Gasteiger partial charge in [-0.2, -0.15) is 0 Å². The third-order valence-electron chi connectivity index (χ3n) is 2.73. The summed E-state index contributed by atoms with van der Waals surface area (Å²) in [6, 6.07) is 12.9. The van der Waals surface area contributed by atoms with E-state index >= 15 is 0 Å². The Morgan fingerprint density at radius 2 is 1.90 bits per heavy atom. The zero-order valence-electron chi connectivity index (χ0n) is 10.8. The second-order valence-corrected chi connectivity index (χ2v) is 5.12. The van der Waals surface area contributed by atoms with Gasteiger partial charge in [0.2, 0.25) is 0 Å². The molecule has 0 saturated carbocycles. The lowest BCUT2D eigenvalue weighted by molar-refractivity contribution is 0.0695. The number of benzene rings is 2. The summed E-state index contributed by atoms with van der Waals surface area (Å²) in [6.07, 6.45) is 0. The van der Waals surface area contributed by atoms with E-state index in [9.17, 15) is 4.79 Å². The third kappa shape index (κ3) is 3.22. The third-order valence-corrected chi connectivity index (χ3v) is 3.80. The maximum atomic E-state index is 11.1. The molecule has 4 nitrogen and oxygen atoms in total. The Labute approximate surface area is 130 Å². The minimum absolute atomic E-state index is 0.203. The Morgan fingerprint density at radius 1 is 1.20 bits per heavy atom. The van der Waals surface area contributed by atoms with Crippen LogP contribution in [0.2, 0.25) is 0 Å². The zero-order chi connectivity index (χ0) is 14.5. The van der Waals surface area contributed by atoms with Crippen molar-refractivity contribution in [3.05, 3.63) is 57.2 Å². The molecule has 0 radical (unpaired) electrons. The lowest BCUT2D eigenvalue weighted by Gasteiger charge is -2.13. The average Bonchev–Trinajstić information content (AvgIpc) is 2.45. The molecule has 0 atom stereocenters. The van der Waals surface area contributed by atoms with Crippen molar-refractivity contribution in [2.45, 2.75) is 6.61 Å². The average molecular weight is 384 g/mol. The first-order chi connectivity index (χ1) is 9.63. The minimum atomic E-state index is -0.984. The molecule has 0 aliphatic rings. The Kier molecular flexibility index (Phi) is 4.84. The van der Waals surface area contributed by atoms with Crippen LogP contribution in [0.1, 0.15) is 15.9 Å². The second-order valence-electron chi connectivity index (χ2n) is 4.04. The molecular formula is C15H13IO4. The van der Waals surface area contributed by atoms with Gasteiger partial charge < -0.3 is 14.6 Å². The van der Waals surface area contributed by atoms with Gasteiger partial charge in [0.15, 0.2) is 11.5 Å². The normalized spacial score (nSPS) is 10.1. The van der Waals surface area contributed by atoms with Gasteiger partial charge in [0.1, 0.15) is 6.61 Å². The van der Waals surface area contributed by atoms with Gasteiger partial charge in [-0.25, -0.2) is 4.79 Å². The molecule has 0 aromatic heterocycles. The molecule has 0 unspecified atom stereocenters. The van der Waals surface area contributed by atoms with Crippen LogP contribution in [0.25, 0.3) is 0 Å². The molecule has 104 valence electrons. The summed E-state index contributed by atoms with van der Waals surface area (Å²) in [4.78, 5) is 11.1. The van der Waals surface area contributed by atoms with Crippen molar-refractivity contribution in [2.75, 3.05) is 7.11 Å². The quantitative estimate of drug-likeness (QED) is 0.801. The summed E-state index contributed by atoms with van der Waals surface area (Å²) in [6.45, 7) is 0.402. The maximum Gasteiger partial charge on any atom is 0.336 e. The van der Waals surface area contributed by atoms with Gasteiger partial charge >= 0.3 is 5.97 Å². The number of halogens is 1. The Morgan fingerprint density at radius 3 is 2.50 bits per heavy atom. The molecule has 0 aliphatic heterocycles. The van der Waals surface area contributed by atoms with Crippen LogP contribution in [0, 0.1) is 3.57 Å². The highest BCUT2D eigenvalue weighted by molar-refractivity contribution is 14.1. The molecule has 2 aromatic rings. The van der Waals surface area contributed by atoms with Crippen molar-refractivity contribution in [1.29, 1.82) is 0 Å². The molecule has 1 N–H and O–H groups in total. The molecular weight excluding hydrogens is 371 g/mol. The fraction of sp³-hybridized carbons (Fsp3) is 0.133. The van der Waals surface area contributed by atoms with Gasteiger partial charge in [-0.15, -0.1) is 0 Å². The predicted octanol–water partition coefficient (Wildman–Crippen LogP) is 3.58. The number of carboxylic acids is 1. The Balaban J connectivity index is 2.24. The van der Waals surface area contributed by atoms with Gasteiger partial charge in [0.05, 0.1) is 16.2 Å². The highest BCUT2D eigenvalue weighted by atomic mass is 127. The Bertz CT molecular complexity index is 611. The number of aromatic carboxylic acids is 1. The van der Waals surface area contributed by atoms with Crippen LogP contribution in [0.4, 0.5) is 0 Å². The highest BCUT2D eigenvalue weighted by Gasteiger charge is 2.17. The van der Waals surface area contributed by atoms with Gasteiger partial charge in [-0.05, 0) is 40.3 Å². The van der Waals surface area contributed by atoms with E-state index in [0.717, 1.165) is 5.56 Å². The topological polar surface area (TPSA) is 55.8 Å². The van der Waals surface area contributed by atoms with E-state index in [-0.39, 0.29) is 5.56 Å². The molecule has 2 rings (SSSR count). The molecule has 0 bridgehead atoms. The van der Waals surface area contributed by atoms with Crippen molar-refractivity contribution in [3.63, 3.8) is 0 Å². The Hall–Kier alpha value is -1.76. The summed E-state index contributed by atoms with van der Waals surface area (Å²) in [5, 5.41) is 9.08.